The molecule has 2 atom stereocenters. The first-order valence-electron chi connectivity index (χ1n) is 12.8. The van der Waals surface area contributed by atoms with Gasteiger partial charge in [-0.15, -0.1) is 0 Å². The lowest BCUT2D eigenvalue weighted by Crippen LogP contribution is -2.49. The number of aliphatic carboxylic acids is 1. The van der Waals surface area contributed by atoms with Gasteiger partial charge in [0.25, 0.3) is 0 Å². The number of hydrogen-bond acceptors (Lipinski definition) is 7. The van der Waals surface area contributed by atoms with Crippen molar-refractivity contribution in [1.82, 2.24) is 15.5 Å². The summed E-state index contributed by atoms with van der Waals surface area (Å²) in [6.07, 6.45) is 2.06. The molecule has 10 heteroatoms. The second kappa shape index (κ2) is 16.8. The van der Waals surface area contributed by atoms with Crippen molar-refractivity contribution in [3.8, 4) is 5.75 Å². The van der Waals surface area contributed by atoms with Crippen molar-refractivity contribution in [3.63, 3.8) is 0 Å². The number of likely N-dealkylation sites (tertiary alicyclic amines) is 1. The molecule has 1 fully saturated rings. The molecule has 0 aromatic heterocycles. The van der Waals surface area contributed by atoms with Crippen LogP contribution in [0.4, 0.5) is 4.79 Å². The molecule has 2 aromatic rings. The number of hydrogen-bond donors (Lipinski definition) is 4. The summed E-state index contributed by atoms with van der Waals surface area (Å²) < 4.78 is 5.16. The van der Waals surface area contributed by atoms with Crippen molar-refractivity contribution in [3.05, 3.63) is 65.7 Å². The zero-order chi connectivity index (χ0) is 29.4. The number of carbonyl (C=O) groups is 4. The van der Waals surface area contributed by atoms with Crippen LogP contribution >= 0.6 is 0 Å². The third-order valence-electron chi connectivity index (χ3n) is 5.49. The van der Waals surface area contributed by atoms with Crippen LogP contribution in [-0.2, 0) is 25.5 Å². The van der Waals surface area contributed by atoms with E-state index in [-0.39, 0.29) is 12.6 Å². The van der Waals surface area contributed by atoms with Gasteiger partial charge in [-0.3, -0.25) is 14.5 Å². The Balaban J connectivity index is 0.000000361. The Morgan fingerprint density at radius 2 is 1.72 bits per heavy atom. The standard InChI is InChI=1S/C16H22N2O4.C7H8O.C6H11NO2/c1-16(2,3)22-15(21)18-13(14(20)17-9-10-19)11-12-7-5-4-6-8-12;1-6-2-4-7(8)5-3-6;1-7-4-2-3-5(7)6(8)9/h4-8,10,13H,9,11H2,1-3H3,(H,17,20)(H,18,21);2-5,8H,1H3;5H,2-4H2,1H3,(H,8,9). The monoisotopic (exact) mass is 543 g/mol. The summed E-state index contributed by atoms with van der Waals surface area (Å²) >= 11 is 0. The minimum absolute atomic E-state index is 0.0971. The molecule has 2 unspecified atom stereocenters. The van der Waals surface area contributed by atoms with E-state index in [1.165, 1.54) is 5.56 Å². The molecular formula is C29H41N3O7. The molecule has 2 aromatic carbocycles. The van der Waals surface area contributed by atoms with Gasteiger partial charge in [-0.05, 0) is 71.8 Å². The highest BCUT2D eigenvalue weighted by molar-refractivity contribution is 5.87. The Kier molecular flexibility index (Phi) is 14.3. The van der Waals surface area contributed by atoms with E-state index < -0.39 is 29.6 Å². The first-order chi connectivity index (χ1) is 18.3. The van der Waals surface area contributed by atoms with E-state index in [4.69, 9.17) is 14.9 Å². The Morgan fingerprint density at radius 3 is 2.15 bits per heavy atom. The minimum Gasteiger partial charge on any atom is -0.508 e. The van der Waals surface area contributed by atoms with Gasteiger partial charge < -0.3 is 30.4 Å². The highest BCUT2D eigenvalue weighted by Crippen LogP contribution is 2.14. The number of carbonyl (C=O) groups excluding carboxylic acids is 3. The van der Waals surface area contributed by atoms with Gasteiger partial charge in [0, 0.05) is 6.42 Å². The van der Waals surface area contributed by atoms with Gasteiger partial charge in [0.05, 0.1) is 6.54 Å². The van der Waals surface area contributed by atoms with Gasteiger partial charge in [0.2, 0.25) is 5.91 Å². The molecule has 4 N–H and O–H groups in total. The van der Waals surface area contributed by atoms with Gasteiger partial charge in [0.1, 0.15) is 29.7 Å². The average molecular weight is 544 g/mol. The Bertz CT molecular complexity index is 1020. The van der Waals surface area contributed by atoms with Crippen LogP contribution < -0.4 is 10.6 Å². The molecule has 0 saturated carbocycles. The van der Waals surface area contributed by atoms with E-state index in [9.17, 15) is 19.2 Å². The number of nitrogens with one attached hydrogen (secondary N) is 2. The number of carboxylic acids is 1. The number of benzene rings is 2. The number of likely N-dealkylation sites (N-methyl/N-ethyl adjacent to an activating group) is 1. The van der Waals surface area contributed by atoms with Crippen molar-refractivity contribution in [2.24, 2.45) is 0 Å². The van der Waals surface area contributed by atoms with Crippen LogP contribution in [0.3, 0.4) is 0 Å². The molecule has 1 heterocycles. The minimum atomic E-state index is -0.808. The number of carboxylic acid groups (broad SMARTS) is 1. The maximum absolute atomic E-state index is 12.1. The second-order valence-corrected chi connectivity index (χ2v) is 10.1. The van der Waals surface area contributed by atoms with Gasteiger partial charge >= 0.3 is 12.1 Å². The van der Waals surface area contributed by atoms with E-state index in [2.05, 4.69) is 10.6 Å². The number of aldehydes is 1. The molecule has 1 saturated heterocycles. The van der Waals surface area contributed by atoms with Gasteiger partial charge in [-0.1, -0.05) is 48.0 Å². The molecule has 10 nitrogen and oxygen atoms in total. The molecular weight excluding hydrogens is 502 g/mol. The van der Waals surface area contributed by atoms with Crippen molar-refractivity contribution in [2.45, 2.75) is 64.6 Å². The normalized spacial score (nSPS) is 15.4. The molecule has 214 valence electrons. The van der Waals surface area contributed by atoms with Crippen LogP contribution in [0.15, 0.2) is 54.6 Å². The quantitative estimate of drug-likeness (QED) is 0.389. The van der Waals surface area contributed by atoms with Crippen molar-refractivity contribution in [1.29, 1.82) is 0 Å². The van der Waals surface area contributed by atoms with E-state index in [0.29, 0.717) is 18.5 Å². The number of aryl methyl sites for hydroxylation is 1. The first-order valence-corrected chi connectivity index (χ1v) is 12.8. The van der Waals surface area contributed by atoms with E-state index in [1.807, 2.05) is 61.3 Å². The summed E-state index contributed by atoms with van der Waals surface area (Å²) in [5.74, 6) is -0.785. The molecule has 0 radical (unpaired) electrons. The second-order valence-electron chi connectivity index (χ2n) is 10.1. The maximum atomic E-state index is 12.1. The van der Waals surface area contributed by atoms with Crippen LogP contribution in [0.5, 0.6) is 5.75 Å². The summed E-state index contributed by atoms with van der Waals surface area (Å²) in [4.78, 5) is 46.5. The van der Waals surface area contributed by atoms with Crippen molar-refractivity contribution in [2.75, 3.05) is 20.1 Å². The molecule has 39 heavy (non-hydrogen) atoms. The number of phenolic OH excluding ortho intramolecular Hbond substituents is 1. The fourth-order valence-electron chi connectivity index (χ4n) is 3.54. The topological polar surface area (TPSA) is 145 Å². The van der Waals surface area contributed by atoms with Crippen LogP contribution in [0.1, 0.15) is 44.7 Å². The lowest BCUT2D eigenvalue weighted by molar-refractivity contribution is -0.141. The number of rotatable bonds is 7. The van der Waals surface area contributed by atoms with Crippen LogP contribution in [0.25, 0.3) is 0 Å². The summed E-state index contributed by atoms with van der Waals surface area (Å²) in [6.45, 7) is 8.04. The number of alkyl carbamates (subject to hydrolysis) is 1. The van der Waals surface area contributed by atoms with E-state index >= 15 is 0 Å². The van der Waals surface area contributed by atoms with Gasteiger partial charge in [-0.25, -0.2) is 4.79 Å². The maximum Gasteiger partial charge on any atom is 0.408 e. The van der Waals surface area contributed by atoms with Crippen molar-refractivity contribution < 1.29 is 34.1 Å². The molecule has 1 aliphatic heterocycles. The third kappa shape index (κ3) is 14.6. The Morgan fingerprint density at radius 1 is 1.10 bits per heavy atom. The molecule has 3 rings (SSSR count). The highest BCUT2D eigenvalue weighted by atomic mass is 16.6. The molecule has 0 spiro atoms. The highest BCUT2D eigenvalue weighted by Gasteiger charge is 2.27. The number of phenols is 1. The van der Waals surface area contributed by atoms with Crippen LogP contribution in [0.2, 0.25) is 0 Å². The van der Waals surface area contributed by atoms with E-state index in [0.717, 1.165) is 24.9 Å². The summed E-state index contributed by atoms with van der Waals surface area (Å²) in [5.41, 5.74) is 1.41. The summed E-state index contributed by atoms with van der Waals surface area (Å²) in [6, 6.07) is 15.4. The largest absolute Gasteiger partial charge is 0.508 e. The molecule has 2 amide bonds. The lowest BCUT2D eigenvalue weighted by Gasteiger charge is -2.23. The fraction of sp³-hybridized carbons (Fsp3) is 0.448. The number of nitrogens with zero attached hydrogens (tertiary/aromatic N) is 1. The first kappa shape index (κ1) is 33.1. The molecule has 0 aliphatic carbocycles. The zero-order valence-corrected chi connectivity index (χ0v) is 23.3. The Labute approximate surface area is 230 Å². The summed E-state index contributed by atoms with van der Waals surface area (Å²) in [7, 11) is 1.85. The van der Waals surface area contributed by atoms with Crippen LogP contribution in [-0.4, -0.2) is 77.2 Å². The average Bonchev–Trinajstić information content (AvgIpc) is 3.30. The van der Waals surface area contributed by atoms with Gasteiger partial charge in [0.15, 0.2) is 0 Å². The zero-order valence-electron chi connectivity index (χ0n) is 23.3. The molecule has 0 bridgehead atoms. The lowest BCUT2D eigenvalue weighted by atomic mass is 10.1. The smallest absolute Gasteiger partial charge is 0.408 e. The predicted molar refractivity (Wildman–Crippen MR) is 149 cm³/mol. The fourth-order valence-corrected chi connectivity index (χ4v) is 3.54. The number of ether oxygens (including phenoxy) is 1. The SMILES string of the molecule is CC(C)(C)OC(=O)NC(Cc1ccccc1)C(=O)NCC=O.CN1CCCC1C(=O)O.Cc1ccc(O)cc1. The summed E-state index contributed by atoms with van der Waals surface area (Å²) in [5, 5.41) is 22.3. The van der Waals surface area contributed by atoms with Crippen LogP contribution in [0, 0.1) is 6.92 Å². The van der Waals surface area contributed by atoms with Gasteiger partial charge in [-0.2, -0.15) is 0 Å². The van der Waals surface area contributed by atoms with E-state index in [1.54, 1.807) is 32.9 Å². The number of amides is 2. The predicted octanol–water partition coefficient (Wildman–Crippen LogP) is 3.30. The third-order valence-corrected chi connectivity index (χ3v) is 5.49. The number of aromatic hydroxyl groups is 1. The molecule has 1 aliphatic rings. The van der Waals surface area contributed by atoms with Crippen molar-refractivity contribution >= 4 is 24.3 Å². The Hall–Kier alpha value is -3.92.